The Balaban J connectivity index is 1.79. The molecule has 3 aromatic rings. The summed E-state index contributed by atoms with van der Waals surface area (Å²) in [4.78, 5) is 2.20. The zero-order valence-corrected chi connectivity index (χ0v) is 18.6. The summed E-state index contributed by atoms with van der Waals surface area (Å²) in [5.41, 5.74) is 2.86. The first kappa shape index (κ1) is 20.3. The molecule has 0 radical (unpaired) electrons. The van der Waals surface area contributed by atoms with Crippen molar-refractivity contribution in [3.63, 3.8) is 0 Å². The number of hydrogen-bond donors (Lipinski definition) is 0. The molecule has 0 bridgehead atoms. The first-order valence-corrected chi connectivity index (χ1v) is 12.1. The topological polar surface area (TPSA) is 68.8 Å². The number of pyridine rings is 1. The second-order valence-corrected chi connectivity index (χ2v) is 10.3. The number of hydrogen-bond acceptors (Lipinski definition) is 6. The van der Waals surface area contributed by atoms with Crippen molar-refractivity contribution >= 4 is 38.6 Å². The van der Waals surface area contributed by atoms with E-state index in [2.05, 4.69) is 18.7 Å². The van der Waals surface area contributed by atoms with Crippen LogP contribution in [0.2, 0.25) is 0 Å². The van der Waals surface area contributed by atoms with Crippen LogP contribution in [0.4, 0.5) is 0 Å². The van der Waals surface area contributed by atoms with Gasteiger partial charge < -0.3 is 4.74 Å². The van der Waals surface area contributed by atoms with Crippen LogP contribution in [-0.4, -0.2) is 58.7 Å². The van der Waals surface area contributed by atoms with Crippen LogP contribution < -0.4 is 4.74 Å². The third kappa shape index (κ3) is 3.78. The summed E-state index contributed by atoms with van der Waals surface area (Å²) < 4.78 is 33.7. The van der Waals surface area contributed by atoms with Crippen molar-refractivity contribution in [2.24, 2.45) is 0 Å². The van der Waals surface area contributed by atoms with E-state index in [-0.39, 0.29) is 17.5 Å². The molecule has 1 aliphatic rings. The second kappa shape index (κ2) is 7.70. The minimum absolute atomic E-state index is 0.0187. The Bertz CT molecular complexity index is 1230. The first-order valence-electron chi connectivity index (χ1n) is 9.84. The van der Waals surface area contributed by atoms with Gasteiger partial charge in [-0.15, -0.1) is 0 Å². The Hall–Kier alpha value is -1.97. The van der Waals surface area contributed by atoms with Gasteiger partial charge in [0.2, 0.25) is 4.77 Å². The molecule has 0 spiro atoms. The predicted octanol–water partition coefficient (Wildman–Crippen LogP) is 3.19. The Morgan fingerprint density at radius 2 is 2.14 bits per heavy atom. The van der Waals surface area contributed by atoms with E-state index in [4.69, 9.17) is 22.1 Å². The Morgan fingerprint density at radius 1 is 1.34 bits per heavy atom. The summed E-state index contributed by atoms with van der Waals surface area (Å²) in [5.74, 6) is 1.24. The van der Waals surface area contributed by atoms with Gasteiger partial charge in [-0.3, -0.25) is 9.30 Å². The quantitative estimate of drug-likeness (QED) is 0.555. The van der Waals surface area contributed by atoms with Crippen LogP contribution in [0, 0.1) is 11.7 Å². The van der Waals surface area contributed by atoms with Gasteiger partial charge in [-0.1, -0.05) is 6.92 Å². The molecule has 1 saturated heterocycles. The number of aromatic nitrogens is 3. The van der Waals surface area contributed by atoms with Crippen molar-refractivity contribution in [3.8, 4) is 5.75 Å². The van der Waals surface area contributed by atoms with Gasteiger partial charge in [0, 0.05) is 17.5 Å². The molecular weight excluding hydrogens is 408 g/mol. The van der Waals surface area contributed by atoms with Gasteiger partial charge >= 0.3 is 0 Å². The van der Waals surface area contributed by atoms with E-state index < -0.39 is 9.84 Å². The van der Waals surface area contributed by atoms with Crippen LogP contribution in [-0.2, 0) is 16.5 Å². The predicted molar refractivity (Wildman–Crippen MR) is 117 cm³/mol. The fourth-order valence-electron chi connectivity index (χ4n) is 4.16. The molecule has 0 N–H and O–H groups in total. The van der Waals surface area contributed by atoms with Crippen molar-refractivity contribution < 1.29 is 13.2 Å². The average Bonchev–Trinajstić information content (AvgIpc) is 3.20. The minimum Gasteiger partial charge on any atom is -0.497 e. The number of nitrogens with zero attached hydrogens (tertiary/aromatic N) is 4. The van der Waals surface area contributed by atoms with Crippen LogP contribution in [0.1, 0.15) is 25.3 Å². The standard InChI is InChI=1S/C20H26N4O3S2/c1-4-8-22(15-7-9-29(25,26)12-15)13-23-20(28)24-18-11-16(27-3)5-6-17(18)14(2)10-19(24)21-23/h5-6,10-11,15H,4,7-9,12-13H2,1-3H3. The minimum atomic E-state index is -2.94. The lowest BCUT2D eigenvalue weighted by Gasteiger charge is -2.27. The van der Waals surface area contributed by atoms with Gasteiger partial charge in [0.25, 0.3) is 0 Å². The number of methoxy groups -OCH3 is 1. The van der Waals surface area contributed by atoms with E-state index in [9.17, 15) is 8.42 Å². The molecule has 7 nitrogen and oxygen atoms in total. The second-order valence-electron chi connectivity index (χ2n) is 7.70. The summed E-state index contributed by atoms with van der Waals surface area (Å²) in [6.45, 7) is 5.45. The summed E-state index contributed by atoms with van der Waals surface area (Å²) >= 11 is 5.78. The van der Waals surface area contributed by atoms with Crippen LogP contribution in [0.5, 0.6) is 5.75 Å². The number of sulfone groups is 1. The maximum absolute atomic E-state index is 12.0. The highest BCUT2D eigenvalue weighted by Crippen LogP contribution is 2.26. The molecule has 9 heteroatoms. The summed E-state index contributed by atoms with van der Waals surface area (Å²) in [6.07, 6.45) is 1.61. The largest absolute Gasteiger partial charge is 0.497 e. The van der Waals surface area contributed by atoms with Crippen molar-refractivity contribution in [3.05, 3.63) is 34.6 Å². The maximum atomic E-state index is 12.0. The highest BCUT2D eigenvalue weighted by molar-refractivity contribution is 7.91. The zero-order chi connectivity index (χ0) is 20.8. The van der Waals surface area contributed by atoms with E-state index >= 15 is 0 Å². The van der Waals surface area contributed by atoms with Crippen LogP contribution in [0.25, 0.3) is 16.6 Å². The van der Waals surface area contributed by atoms with Crippen molar-refractivity contribution in [1.82, 2.24) is 19.1 Å². The van der Waals surface area contributed by atoms with E-state index in [1.165, 1.54) is 0 Å². The number of rotatable bonds is 6. The zero-order valence-electron chi connectivity index (χ0n) is 17.0. The van der Waals surface area contributed by atoms with Gasteiger partial charge in [-0.25, -0.2) is 13.1 Å². The molecule has 29 heavy (non-hydrogen) atoms. The Morgan fingerprint density at radius 3 is 2.79 bits per heavy atom. The fourth-order valence-corrected chi connectivity index (χ4v) is 6.21. The highest BCUT2D eigenvalue weighted by atomic mass is 32.2. The number of benzene rings is 1. The molecule has 1 atom stereocenters. The molecule has 1 aliphatic heterocycles. The smallest absolute Gasteiger partial charge is 0.204 e. The van der Waals surface area contributed by atoms with Crippen molar-refractivity contribution in [2.75, 3.05) is 25.2 Å². The fraction of sp³-hybridized carbons (Fsp3) is 0.500. The number of aryl methyl sites for hydroxylation is 1. The van der Waals surface area contributed by atoms with Crippen molar-refractivity contribution in [2.45, 2.75) is 39.4 Å². The lowest BCUT2D eigenvalue weighted by atomic mass is 10.1. The molecule has 3 heterocycles. The molecule has 4 rings (SSSR count). The van der Waals surface area contributed by atoms with Crippen LogP contribution in [0.3, 0.4) is 0 Å². The van der Waals surface area contributed by atoms with Crippen LogP contribution >= 0.6 is 12.2 Å². The van der Waals surface area contributed by atoms with Gasteiger partial charge in [0.05, 0.1) is 30.8 Å². The Labute approximate surface area is 175 Å². The van der Waals surface area contributed by atoms with E-state index in [0.717, 1.165) is 40.8 Å². The SMILES string of the molecule is CCCN(Cn1nc2cc(C)c3ccc(OC)cc3n2c1=S)C1CCS(=O)(=O)C1. The molecule has 0 aliphatic carbocycles. The molecule has 156 valence electrons. The highest BCUT2D eigenvalue weighted by Gasteiger charge is 2.32. The lowest BCUT2D eigenvalue weighted by molar-refractivity contribution is 0.155. The van der Waals surface area contributed by atoms with Crippen LogP contribution in [0.15, 0.2) is 24.3 Å². The summed E-state index contributed by atoms with van der Waals surface area (Å²) in [5, 5.41) is 5.85. The van der Waals surface area contributed by atoms with Gasteiger partial charge in [-0.05, 0) is 62.3 Å². The van der Waals surface area contributed by atoms with E-state index in [1.807, 2.05) is 33.3 Å². The number of fused-ring (bicyclic) bond motifs is 3. The average molecular weight is 435 g/mol. The van der Waals surface area contributed by atoms with Crippen molar-refractivity contribution in [1.29, 1.82) is 0 Å². The summed E-state index contributed by atoms with van der Waals surface area (Å²) in [7, 11) is -1.30. The first-order chi connectivity index (χ1) is 13.8. The molecule has 1 aromatic carbocycles. The molecule has 1 fully saturated rings. The Kier molecular flexibility index (Phi) is 5.39. The molecular formula is C20H26N4O3S2. The molecule has 0 saturated carbocycles. The summed E-state index contributed by atoms with van der Waals surface area (Å²) in [6, 6.07) is 8.01. The van der Waals surface area contributed by atoms with E-state index in [1.54, 1.807) is 7.11 Å². The van der Waals surface area contributed by atoms with Gasteiger partial charge in [-0.2, -0.15) is 5.10 Å². The third-order valence-corrected chi connectivity index (χ3v) is 7.78. The molecule has 2 aromatic heterocycles. The number of ether oxygens (including phenoxy) is 1. The van der Waals surface area contributed by atoms with E-state index in [0.29, 0.717) is 17.9 Å². The van der Waals surface area contributed by atoms with Gasteiger partial charge in [0.15, 0.2) is 15.5 Å². The lowest BCUT2D eigenvalue weighted by Crippen LogP contribution is -2.38. The molecule has 0 amide bonds. The third-order valence-electron chi connectivity index (χ3n) is 5.63. The maximum Gasteiger partial charge on any atom is 0.204 e. The molecule has 1 unspecified atom stereocenters. The monoisotopic (exact) mass is 434 g/mol. The van der Waals surface area contributed by atoms with Gasteiger partial charge in [0.1, 0.15) is 5.75 Å². The normalized spacial score (nSPS) is 18.8.